The van der Waals surface area contributed by atoms with Crippen LogP contribution in [0.4, 0.5) is 0 Å². The number of nitrogens with zero attached hydrogens (tertiary/aromatic N) is 1. The summed E-state index contributed by atoms with van der Waals surface area (Å²) in [5.41, 5.74) is 0.528. The van der Waals surface area contributed by atoms with Crippen molar-refractivity contribution >= 4 is 5.97 Å². The molecular weight excluding hydrogens is 170 g/mol. The first-order valence-electron chi connectivity index (χ1n) is 3.87. The van der Waals surface area contributed by atoms with Gasteiger partial charge < -0.3 is 9.30 Å². The molecule has 4 nitrogen and oxygen atoms in total. The molecule has 1 aromatic rings. The summed E-state index contributed by atoms with van der Waals surface area (Å²) in [6, 6.07) is 4.79. The van der Waals surface area contributed by atoms with E-state index >= 15 is 0 Å². The largest absolute Gasteiger partial charge is 0.469 e. The number of pyridine rings is 1. The smallest absolute Gasteiger partial charge is 0.311 e. The molecule has 0 spiro atoms. The molecule has 13 heavy (non-hydrogen) atoms. The predicted molar refractivity (Wildman–Crippen MR) is 47.4 cm³/mol. The molecule has 0 aliphatic rings. The molecule has 1 rings (SSSR count). The molecule has 1 heterocycles. The van der Waals surface area contributed by atoms with Gasteiger partial charge in [-0.25, -0.2) is 0 Å². The van der Waals surface area contributed by atoms with Crippen LogP contribution < -0.4 is 5.56 Å². The molecule has 0 unspecified atom stereocenters. The van der Waals surface area contributed by atoms with E-state index < -0.39 is 0 Å². The van der Waals surface area contributed by atoms with Gasteiger partial charge in [0.1, 0.15) is 0 Å². The molecule has 0 atom stereocenters. The molecular formula is C9H11NO3. The lowest BCUT2D eigenvalue weighted by atomic mass is 10.2. The molecule has 0 saturated heterocycles. The number of methoxy groups -OCH3 is 1. The first kappa shape index (κ1) is 9.51. The molecule has 0 fully saturated rings. The molecule has 0 aromatic carbocycles. The summed E-state index contributed by atoms with van der Waals surface area (Å²) in [6.07, 6.45) is 0.128. The van der Waals surface area contributed by atoms with Crippen LogP contribution in [0.15, 0.2) is 23.0 Å². The Kier molecular flexibility index (Phi) is 2.84. The highest BCUT2D eigenvalue weighted by Crippen LogP contribution is 1.96. The molecule has 0 bridgehead atoms. The monoisotopic (exact) mass is 181 g/mol. The van der Waals surface area contributed by atoms with Crippen LogP contribution in [0.5, 0.6) is 0 Å². The molecule has 0 N–H and O–H groups in total. The quantitative estimate of drug-likeness (QED) is 0.608. The molecule has 1 aromatic heterocycles. The lowest BCUT2D eigenvalue weighted by Crippen LogP contribution is -2.21. The molecule has 70 valence electrons. The number of esters is 1. The maximum absolute atomic E-state index is 11.1. The topological polar surface area (TPSA) is 48.3 Å². The van der Waals surface area contributed by atoms with Gasteiger partial charge in [-0.05, 0) is 6.07 Å². The highest BCUT2D eigenvalue weighted by atomic mass is 16.5. The first-order valence-corrected chi connectivity index (χ1v) is 3.87. The lowest BCUT2D eigenvalue weighted by Gasteiger charge is -2.05. The second-order valence-electron chi connectivity index (χ2n) is 2.67. The number of rotatable bonds is 2. The van der Waals surface area contributed by atoms with Crippen LogP contribution in [0.2, 0.25) is 0 Å². The fourth-order valence-corrected chi connectivity index (χ4v) is 1.00. The maximum atomic E-state index is 11.1. The fraction of sp³-hybridized carbons (Fsp3) is 0.333. The Hall–Kier alpha value is -1.58. The van der Waals surface area contributed by atoms with Crippen molar-refractivity contribution in [2.45, 2.75) is 6.42 Å². The Morgan fingerprint density at radius 1 is 1.54 bits per heavy atom. The Balaban J connectivity index is 2.96. The van der Waals surface area contributed by atoms with Crippen LogP contribution in [-0.4, -0.2) is 17.6 Å². The van der Waals surface area contributed by atoms with E-state index in [2.05, 4.69) is 4.74 Å². The summed E-state index contributed by atoms with van der Waals surface area (Å²) < 4.78 is 5.92. The van der Waals surface area contributed by atoms with Crippen molar-refractivity contribution in [2.75, 3.05) is 7.11 Å². The average molecular weight is 181 g/mol. The molecule has 0 aliphatic carbocycles. The Bertz CT molecular complexity index is 367. The van der Waals surface area contributed by atoms with Crippen molar-refractivity contribution in [3.05, 3.63) is 34.2 Å². The standard InChI is InChI=1S/C9H11NO3/c1-10-7(6-9(12)13-2)4-3-5-8(10)11/h3-5H,6H2,1-2H3. The zero-order valence-electron chi connectivity index (χ0n) is 7.61. The van der Waals surface area contributed by atoms with Crippen LogP contribution in [0, 0.1) is 0 Å². The van der Waals surface area contributed by atoms with Crippen LogP contribution in [0.1, 0.15) is 5.69 Å². The van der Waals surface area contributed by atoms with E-state index in [1.165, 1.54) is 17.7 Å². The summed E-state index contributed by atoms with van der Waals surface area (Å²) >= 11 is 0. The number of hydrogen-bond donors (Lipinski definition) is 0. The third-order valence-corrected chi connectivity index (χ3v) is 1.84. The van der Waals surface area contributed by atoms with E-state index in [1.54, 1.807) is 19.2 Å². The summed E-state index contributed by atoms with van der Waals surface area (Å²) in [7, 11) is 2.95. The third kappa shape index (κ3) is 2.18. The third-order valence-electron chi connectivity index (χ3n) is 1.84. The number of hydrogen-bond acceptors (Lipinski definition) is 3. The average Bonchev–Trinajstić information content (AvgIpc) is 2.13. The van der Waals surface area contributed by atoms with Gasteiger partial charge in [0.2, 0.25) is 5.56 Å². The van der Waals surface area contributed by atoms with E-state index in [9.17, 15) is 9.59 Å². The van der Waals surface area contributed by atoms with E-state index in [-0.39, 0.29) is 17.9 Å². The van der Waals surface area contributed by atoms with Gasteiger partial charge in [0.05, 0.1) is 13.5 Å². The van der Waals surface area contributed by atoms with Crippen molar-refractivity contribution in [1.29, 1.82) is 0 Å². The Labute approximate surface area is 75.8 Å². The predicted octanol–water partition coefficient (Wildman–Crippen LogP) is 0.101. The van der Waals surface area contributed by atoms with Gasteiger partial charge in [-0.1, -0.05) is 6.07 Å². The first-order chi connectivity index (χ1) is 6.15. The number of carbonyl (C=O) groups excluding carboxylic acids is 1. The number of ether oxygens (including phenoxy) is 1. The minimum absolute atomic E-state index is 0.124. The zero-order chi connectivity index (χ0) is 9.84. The maximum Gasteiger partial charge on any atom is 0.311 e. The minimum Gasteiger partial charge on any atom is -0.469 e. The van der Waals surface area contributed by atoms with Crippen molar-refractivity contribution < 1.29 is 9.53 Å². The van der Waals surface area contributed by atoms with E-state index in [1.807, 2.05) is 0 Å². The molecule has 0 saturated carbocycles. The summed E-state index contributed by atoms with van der Waals surface area (Å²) in [5.74, 6) is -0.346. The van der Waals surface area contributed by atoms with Crippen LogP contribution >= 0.6 is 0 Å². The lowest BCUT2D eigenvalue weighted by molar-refractivity contribution is -0.139. The summed E-state index contributed by atoms with van der Waals surface area (Å²) in [6.45, 7) is 0. The molecule has 0 radical (unpaired) electrons. The highest BCUT2D eigenvalue weighted by Gasteiger charge is 2.05. The van der Waals surface area contributed by atoms with Crippen LogP contribution in [-0.2, 0) is 23.0 Å². The van der Waals surface area contributed by atoms with E-state index in [0.717, 1.165) is 0 Å². The summed E-state index contributed by atoms with van der Waals surface area (Å²) in [5, 5.41) is 0. The number of aromatic nitrogens is 1. The van der Waals surface area contributed by atoms with Crippen molar-refractivity contribution in [1.82, 2.24) is 4.57 Å². The minimum atomic E-state index is -0.346. The van der Waals surface area contributed by atoms with Crippen molar-refractivity contribution in [2.24, 2.45) is 7.05 Å². The highest BCUT2D eigenvalue weighted by molar-refractivity contribution is 5.71. The van der Waals surface area contributed by atoms with E-state index in [4.69, 9.17) is 0 Å². The van der Waals surface area contributed by atoms with Gasteiger partial charge in [0.25, 0.3) is 0 Å². The van der Waals surface area contributed by atoms with Crippen molar-refractivity contribution in [3.63, 3.8) is 0 Å². The van der Waals surface area contributed by atoms with Crippen molar-refractivity contribution in [3.8, 4) is 0 Å². The summed E-state index contributed by atoms with van der Waals surface area (Å²) in [4.78, 5) is 22.0. The zero-order valence-corrected chi connectivity index (χ0v) is 7.61. The molecule has 0 aliphatic heterocycles. The van der Waals surface area contributed by atoms with Gasteiger partial charge in [0.15, 0.2) is 0 Å². The fourth-order valence-electron chi connectivity index (χ4n) is 1.00. The molecule has 0 amide bonds. The second kappa shape index (κ2) is 3.89. The van der Waals surface area contributed by atoms with Gasteiger partial charge in [-0.2, -0.15) is 0 Å². The normalized spacial score (nSPS) is 9.69. The van der Waals surface area contributed by atoms with E-state index in [0.29, 0.717) is 5.69 Å². The van der Waals surface area contributed by atoms with Crippen LogP contribution in [0.25, 0.3) is 0 Å². The Morgan fingerprint density at radius 2 is 2.23 bits per heavy atom. The molecule has 4 heteroatoms. The second-order valence-corrected chi connectivity index (χ2v) is 2.67. The SMILES string of the molecule is COC(=O)Cc1cccc(=O)n1C. The van der Waals surface area contributed by atoms with Crippen LogP contribution in [0.3, 0.4) is 0 Å². The van der Waals surface area contributed by atoms with Gasteiger partial charge >= 0.3 is 5.97 Å². The Morgan fingerprint density at radius 3 is 2.85 bits per heavy atom. The van der Waals surface area contributed by atoms with Gasteiger partial charge in [-0.15, -0.1) is 0 Å². The number of carbonyl (C=O) groups is 1. The van der Waals surface area contributed by atoms with Gasteiger partial charge in [-0.3, -0.25) is 9.59 Å². The van der Waals surface area contributed by atoms with Gasteiger partial charge in [0, 0.05) is 18.8 Å².